The fourth-order valence-corrected chi connectivity index (χ4v) is 3.22. The highest BCUT2D eigenvalue weighted by molar-refractivity contribution is 7.89. The van der Waals surface area contributed by atoms with Gasteiger partial charge in [0.15, 0.2) is 5.78 Å². The van der Waals surface area contributed by atoms with Crippen molar-refractivity contribution in [2.24, 2.45) is 0 Å². The maximum Gasteiger partial charge on any atom is 0.222 e. The van der Waals surface area contributed by atoms with E-state index < -0.39 is 15.8 Å². The number of nitrogens with zero attached hydrogens (tertiary/aromatic N) is 2. The zero-order valence-corrected chi connectivity index (χ0v) is 10.6. The highest BCUT2D eigenvalue weighted by atomic mass is 32.2. The van der Waals surface area contributed by atoms with E-state index in [-0.39, 0.29) is 12.5 Å². The minimum Gasteiger partial charge on any atom is -0.323 e. The molecule has 2 heterocycles. The number of Topliss-reactive ketones (excluding diaryl/α,β-unsaturated/α-hetero) is 1. The molecule has 18 heavy (non-hydrogen) atoms. The molecule has 0 N–H and O–H groups in total. The van der Waals surface area contributed by atoms with Gasteiger partial charge in [0.25, 0.3) is 0 Å². The lowest BCUT2D eigenvalue weighted by Gasteiger charge is -2.14. The van der Waals surface area contributed by atoms with Crippen LogP contribution in [0.1, 0.15) is 10.5 Å². The Labute approximate surface area is 105 Å². The van der Waals surface area contributed by atoms with Gasteiger partial charge < -0.3 is 4.57 Å². The van der Waals surface area contributed by atoms with Gasteiger partial charge >= 0.3 is 0 Å². The molecule has 0 unspecified atom stereocenters. The second-order valence-corrected chi connectivity index (χ2v) is 6.51. The lowest BCUT2D eigenvalue weighted by molar-refractivity contribution is 0.101. The molecule has 0 bridgehead atoms. The van der Waals surface area contributed by atoms with E-state index in [0.717, 1.165) is 10.9 Å². The monoisotopic (exact) mass is 264 g/mol. The molecule has 0 radical (unpaired) electrons. The van der Waals surface area contributed by atoms with Crippen molar-refractivity contribution in [2.45, 2.75) is 6.67 Å². The topological polar surface area (TPSA) is 59.4 Å². The van der Waals surface area contributed by atoms with Crippen LogP contribution in [0.2, 0.25) is 0 Å². The van der Waals surface area contributed by atoms with Crippen LogP contribution in [0.15, 0.2) is 30.3 Å². The van der Waals surface area contributed by atoms with Gasteiger partial charge in [-0.25, -0.2) is 8.42 Å². The third kappa shape index (κ3) is 1.57. The molecule has 5 nitrogen and oxygen atoms in total. The SMILES string of the molecule is CN1Cn2c(cc3ccccc32)C(=O)CS1(=O)=O. The van der Waals surface area contributed by atoms with Crippen molar-refractivity contribution in [3.05, 3.63) is 36.0 Å². The van der Waals surface area contributed by atoms with Crippen LogP contribution < -0.4 is 0 Å². The predicted molar refractivity (Wildman–Crippen MR) is 67.8 cm³/mol. The van der Waals surface area contributed by atoms with Crippen molar-refractivity contribution in [2.75, 3.05) is 12.8 Å². The molecule has 1 aliphatic rings. The molecule has 0 spiro atoms. The highest BCUT2D eigenvalue weighted by Crippen LogP contribution is 2.23. The number of hydrogen-bond acceptors (Lipinski definition) is 3. The van der Waals surface area contributed by atoms with Gasteiger partial charge in [-0.1, -0.05) is 18.2 Å². The number of aromatic nitrogens is 1. The van der Waals surface area contributed by atoms with Crippen molar-refractivity contribution in [1.82, 2.24) is 8.87 Å². The number of fused-ring (bicyclic) bond motifs is 3. The number of carbonyl (C=O) groups is 1. The standard InChI is InChI=1S/C12H12N2O3S/c1-13-8-14-10-5-3-2-4-9(10)6-11(14)12(15)7-18(13,16)17/h2-6H,7-8H2,1H3. The Morgan fingerprint density at radius 1 is 1.22 bits per heavy atom. The molecule has 0 atom stereocenters. The van der Waals surface area contributed by atoms with Crippen LogP contribution in [0.4, 0.5) is 0 Å². The maximum atomic E-state index is 12.0. The van der Waals surface area contributed by atoms with Crippen LogP contribution in [0, 0.1) is 0 Å². The largest absolute Gasteiger partial charge is 0.323 e. The van der Waals surface area contributed by atoms with E-state index in [4.69, 9.17) is 0 Å². The van der Waals surface area contributed by atoms with Gasteiger partial charge in [-0.3, -0.25) is 4.79 Å². The molecule has 0 saturated heterocycles. The minimum atomic E-state index is -3.49. The molecule has 1 aromatic carbocycles. The molecule has 0 saturated carbocycles. The Kier molecular flexibility index (Phi) is 2.33. The van der Waals surface area contributed by atoms with E-state index in [1.165, 1.54) is 11.4 Å². The number of hydrogen-bond donors (Lipinski definition) is 0. The van der Waals surface area contributed by atoms with Crippen molar-refractivity contribution in [3.8, 4) is 0 Å². The summed E-state index contributed by atoms with van der Waals surface area (Å²) in [6, 6.07) is 9.33. The zero-order valence-electron chi connectivity index (χ0n) is 9.83. The first kappa shape index (κ1) is 11.4. The number of sulfonamides is 1. The van der Waals surface area contributed by atoms with Gasteiger partial charge in [-0.2, -0.15) is 4.31 Å². The summed E-state index contributed by atoms with van der Waals surface area (Å²) in [7, 11) is -2.00. The van der Waals surface area contributed by atoms with Crippen LogP contribution >= 0.6 is 0 Å². The number of benzene rings is 1. The molecule has 6 heteroatoms. The first-order valence-corrected chi connectivity index (χ1v) is 7.15. The fraction of sp³-hybridized carbons (Fsp3) is 0.250. The van der Waals surface area contributed by atoms with Gasteiger partial charge in [0.1, 0.15) is 5.75 Å². The van der Waals surface area contributed by atoms with E-state index in [9.17, 15) is 13.2 Å². The van der Waals surface area contributed by atoms with Gasteiger partial charge in [0.05, 0.1) is 12.4 Å². The van der Waals surface area contributed by atoms with E-state index in [2.05, 4.69) is 0 Å². The summed E-state index contributed by atoms with van der Waals surface area (Å²) < 4.78 is 26.6. The number of carbonyl (C=O) groups excluding carboxylic acids is 1. The van der Waals surface area contributed by atoms with Gasteiger partial charge in [0, 0.05) is 18.0 Å². The van der Waals surface area contributed by atoms with E-state index in [1.807, 2.05) is 24.3 Å². The van der Waals surface area contributed by atoms with Crippen molar-refractivity contribution < 1.29 is 13.2 Å². The van der Waals surface area contributed by atoms with Crippen molar-refractivity contribution in [1.29, 1.82) is 0 Å². The Morgan fingerprint density at radius 3 is 2.72 bits per heavy atom. The quantitative estimate of drug-likeness (QED) is 0.714. The average Bonchev–Trinajstić information content (AvgIpc) is 2.64. The van der Waals surface area contributed by atoms with Crippen LogP contribution in [0.3, 0.4) is 0 Å². The summed E-state index contributed by atoms with van der Waals surface area (Å²) >= 11 is 0. The summed E-state index contributed by atoms with van der Waals surface area (Å²) in [6.07, 6.45) is 0. The summed E-state index contributed by atoms with van der Waals surface area (Å²) in [5.41, 5.74) is 1.34. The molecule has 2 aromatic rings. The molecular formula is C12H12N2O3S. The molecule has 0 fully saturated rings. The highest BCUT2D eigenvalue weighted by Gasteiger charge is 2.30. The predicted octanol–water partition coefficient (Wildman–Crippen LogP) is 1.06. The number of ketones is 1. The zero-order chi connectivity index (χ0) is 12.9. The third-order valence-electron chi connectivity index (χ3n) is 3.23. The Balaban J connectivity index is 2.28. The van der Waals surface area contributed by atoms with Gasteiger partial charge in [-0.15, -0.1) is 0 Å². The molecule has 1 aliphatic heterocycles. The van der Waals surface area contributed by atoms with Crippen LogP contribution in [-0.2, 0) is 16.7 Å². The first-order valence-electron chi connectivity index (χ1n) is 5.54. The number of rotatable bonds is 0. The first-order chi connectivity index (χ1) is 8.49. The minimum absolute atomic E-state index is 0.177. The number of para-hydroxylation sites is 1. The van der Waals surface area contributed by atoms with Crippen LogP contribution in [-0.4, -0.2) is 35.9 Å². The van der Waals surface area contributed by atoms with Crippen molar-refractivity contribution in [3.63, 3.8) is 0 Å². The summed E-state index contributed by atoms with van der Waals surface area (Å²) in [5.74, 6) is -0.810. The lowest BCUT2D eigenvalue weighted by Crippen LogP contribution is -2.29. The second kappa shape index (κ2) is 3.66. The summed E-state index contributed by atoms with van der Waals surface area (Å²) in [5, 5.41) is 0.952. The Hall–Kier alpha value is -1.66. The second-order valence-electron chi connectivity index (χ2n) is 4.44. The maximum absolute atomic E-state index is 12.0. The average molecular weight is 264 g/mol. The summed E-state index contributed by atoms with van der Waals surface area (Å²) in [6.45, 7) is 0.177. The Morgan fingerprint density at radius 2 is 1.94 bits per heavy atom. The van der Waals surface area contributed by atoms with Crippen LogP contribution in [0.25, 0.3) is 10.9 Å². The molecule has 94 valence electrons. The van der Waals surface area contributed by atoms with Gasteiger partial charge in [-0.05, 0) is 12.1 Å². The smallest absolute Gasteiger partial charge is 0.222 e. The molecule has 0 aliphatic carbocycles. The van der Waals surface area contributed by atoms with E-state index >= 15 is 0 Å². The molecular weight excluding hydrogens is 252 g/mol. The molecule has 0 amide bonds. The molecule has 1 aromatic heterocycles. The normalized spacial score (nSPS) is 19.7. The van der Waals surface area contributed by atoms with E-state index in [0.29, 0.717) is 5.69 Å². The van der Waals surface area contributed by atoms with Gasteiger partial charge in [0.2, 0.25) is 10.0 Å². The van der Waals surface area contributed by atoms with E-state index in [1.54, 1.807) is 10.6 Å². The Bertz CT molecular complexity index is 746. The third-order valence-corrected chi connectivity index (χ3v) is 4.92. The fourth-order valence-electron chi connectivity index (χ4n) is 2.23. The summed E-state index contributed by atoms with van der Waals surface area (Å²) in [4.78, 5) is 12.0. The van der Waals surface area contributed by atoms with Crippen LogP contribution in [0.5, 0.6) is 0 Å². The molecule has 3 rings (SSSR count). The van der Waals surface area contributed by atoms with Crippen molar-refractivity contribution >= 4 is 26.7 Å². The lowest BCUT2D eigenvalue weighted by atomic mass is 10.2.